The van der Waals surface area contributed by atoms with E-state index < -0.39 is 18.1 Å². The van der Waals surface area contributed by atoms with Crippen molar-refractivity contribution in [1.82, 2.24) is 5.32 Å². The summed E-state index contributed by atoms with van der Waals surface area (Å²) >= 11 is 0. The van der Waals surface area contributed by atoms with Gasteiger partial charge in [-0.2, -0.15) is 0 Å². The summed E-state index contributed by atoms with van der Waals surface area (Å²) in [6.45, 7) is 3.51. The number of carboxylic acid groups (broad SMARTS) is 1. The molecule has 2 N–H and O–H groups in total. The molecule has 1 aromatic carbocycles. The van der Waals surface area contributed by atoms with Crippen molar-refractivity contribution in [3.05, 3.63) is 24.3 Å². The van der Waals surface area contributed by atoms with Gasteiger partial charge in [-0.25, -0.2) is 0 Å². The molecule has 2 unspecified atom stereocenters. The Morgan fingerprint density at radius 3 is 2.78 bits per heavy atom. The summed E-state index contributed by atoms with van der Waals surface area (Å²) in [7, 11) is 0. The molecule has 2 atom stereocenters. The molecule has 1 aromatic rings. The monoisotopic (exact) mass is 320 g/mol. The SMILES string of the molecule is CC(CC(=O)O)NC(=O)CCN1C(=O)C(C)Oc2ccccc21. The molecule has 0 spiro atoms. The van der Waals surface area contributed by atoms with Crippen molar-refractivity contribution < 1.29 is 24.2 Å². The lowest BCUT2D eigenvalue weighted by molar-refractivity contribution is -0.137. The van der Waals surface area contributed by atoms with E-state index in [4.69, 9.17) is 9.84 Å². The van der Waals surface area contributed by atoms with Crippen molar-refractivity contribution in [3.8, 4) is 5.75 Å². The molecule has 2 rings (SSSR count). The van der Waals surface area contributed by atoms with Gasteiger partial charge in [0.05, 0.1) is 12.1 Å². The Hall–Kier alpha value is -2.57. The molecule has 0 saturated heterocycles. The first-order valence-corrected chi connectivity index (χ1v) is 7.46. The predicted molar refractivity (Wildman–Crippen MR) is 83.4 cm³/mol. The average Bonchev–Trinajstić information content (AvgIpc) is 2.46. The first kappa shape index (κ1) is 16.8. The number of aliphatic carboxylic acids is 1. The highest BCUT2D eigenvalue weighted by Gasteiger charge is 2.31. The Bertz CT molecular complexity index is 616. The third kappa shape index (κ3) is 4.21. The number of benzene rings is 1. The van der Waals surface area contributed by atoms with Crippen LogP contribution in [0.4, 0.5) is 5.69 Å². The fraction of sp³-hybridized carbons (Fsp3) is 0.438. The molecule has 1 heterocycles. The fourth-order valence-electron chi connectivity index (χ4n) is 2.46. The second-order valence-corrected chi connectivity index (χ2v) is 5.53. The Morgan fingerprint density at radius 2 is 2.09 bits per heavy atom. The summed E-state index contributed by atoms with van der Waals surface area (Å²) in [6, 6.07) is 6.71. The van der Waals surface area contributed by atoms with Gasteiger partial charge in [0.15, 0.2) is 6.10 Å². The number of para-hydroxylation sites is 2. The highest BCUT2D eigenvalue weighted by Crippen LogP contribution is 2.33. The van der Waals surface area contributed by atoms with Crippen molar-refractivity contribution in [3.63, 3.8) is 0 Å². The average molecular weight is 320 g/mol. The van der Waals surface area contributed by atoms with E-state index in [0.717, 1.165) is 0 Å². The van der Waals surface area contributed by atoms with Gasteiger partial charge in [0.1, 0.15) is 5.75 Å². The van der Waals surface area contributed by atoms with E-state index in [-0.39, 0.29) is 31.2 Å². The maximum Gasteiger partial charge on any atom is 0.305 e. The van der Waals surface area contributed by atoms with Crippen LogP contribution >= 0.6 is 0 Å². The topological polar surface area (TPSA) is 95.9 Å². The fourth-order valence-corrected chi connectivity index (χ4v) is 2.46. The van der Waals surface area contributed by atoms with E-state index in [2.05, 4.69) is 5.32 Å². The minimum Gasteiger partial charge on any atom is -0.481 e. The predicted octanol–water partition coefficient (Wildman–Crippen LogP) is 1.17. The number of hydrogen-bond donors (Lipinski definition) is 2. The number of ether oxygens (including phenoxy) is 1. The van der Waals surface area contributed by atoms with Crippen LogP contribution in [0.1, 0.15) is 26.7 Å². The van der Waals surface area contributed by atoms with Gasteiger partial charge in [0.2, 0.25) is 5.91 Å². The molecule has 0 bridgehead atoms. The number of carboxylic acids is 1. The van der Waals surface area contributed by atoms with E-state index in [1.54, 1.807) is 32.0 Å². The normalized spacial score (nSPS) is 17.9. The van der Waals surface area contributed by atoms with Crippen molar-refractivity contribution in [2.45, 2.75) is 38.8 Å². The van der Waals surface area contributed by atoms with Crippen LogP contribution in [0, 0.1) is 0 Å². The van der Waals surface area contributed by atoms with Gasteiger partial charge in [0, 0.05) is 19.0 Å². The summed E-state index contributed by atoms with van der Waals surface area (Å²) in [4.78, 5) is 36.3. The molecule has 124 valence electrons. The highest BCUT2D eigenvalue weighted by atomic mass is 16.5. The number of fused-ring (bicyclic) bond motifs is 1. The highest BCUT2D eigenvalue weighted by molar-refractivity contribution is 6.00. The molecule has 1 aliphatic rings. The molecule has 23 heavy (non-hydrogen) atoms. The molecule has 0 saturated carbocycles. The van der Waals surface area contributed by atoms with Gasteiger partial charge < -0.3 is 20.1 Å². The van der Waals surface area contributed by atoms with Crippen molar-refractivity contribution in [2.24, 2.45) is 0 Å². The Balaban J connectivity index is 1.98. The molecule has 0 aliphatic carbocycles. The van der Waals surface area contributed by atoms with E-state index in [9.17, 15) is 14.4 Å². The smallest absolute Gasteiger partial charge is 0.305 e. The van der Waals surface area contributed by atoms with E-state index in [1.807, 2.05) is 6.07 Å². The molecular weight excluding hydrogens is 300 g/mol. The minimum absolute atomic E-state index is 0.0940. The summed E-state index contributed by atoms with van der Waals surface area (Å²) in [6.07, 6.45) is -0.641. The summed E-state index contributed by atoms with van der Waals surface area (Å²) in [5.41, 5.74) is 0.641. The first-order valence-electron chi connectivity index (χ1n) is 7.46. The number of nitrogens with one attached hydrogen (secondary N) is 1. The molecular formula is C16H20N2O5. The number of rotatable bonds is 6. The zero-order valence-corrected chi connectivity index (χ0v) is 13.1. The largest absolute Gasteiger partial charge is 0.481 e. The molecule has 0 aromatic heterocycles. The second kappa shape index (κ2) is 7.13. The Kier molecular flexibility index (Phi) is 5.20. The van der Waals surface area contributed by atoms with Crippen LogP contribution in [-0.2, 0) is 14.4 Å². The van der Waals surface area contributed by atoms with Gasteiger partial charge in [0.25, 0.3) is 5.91 Å². The molecule has 7 heteroatoms. The third-order valence-corrected chi connectivity index (χ3v) is 3.52. The number of anilines is 1. The van der Waals surface area contributed by atoms with Crippen LogP contribution in [0.3, 0.4) is 0 Å². The minimum atomic E-state index is -0.969. The first-order chi connectivity index (χ1) is 10.9. The zero-order valence-electron chi connectivity index (χ0n) is 13.1. The lowest BCUT2D eigenvalue weighted by atomic mass is 10.1. The number of carbonyl (C=O) groups excluding carboxylic acids is 2. The maximum absolute atomic E-state index is 12.3. The lowest BCUT2D eigenvalue weighted by Gasteiger charge is -2.32. The molecule has 0 fully saturated rings. The Morgan fingerprint density at radius 1 is 1.39 bits per heavy atom. The van der Waals surface area contributed by atoms with E-state index in [0.29, 0.717) is 11.4 Å². The summed E-state index contributed by atoms with van der Waals surface area (Å²) in [5.74, 6) is -0.846. The van der Waals surface area contributed by atoms with Gasteiger partial charge >= 0.3 is 5.97 Å². The van der Waals surface area contributed by atoms with Crippen LogP contribution in [0.15, 0.2) is 24.3 Å². The Labute approximate surface area is 134 Å². The summed E-state index contributed by atoms with van der Waals surface area (Å²) in [5, 5.41) is 11.3. The van der Waals surface area contributed by atoms with Crippen LogP contribution in [-0.4, -0.2) is 41.6 Å². The number of hydrogen-bond acceptors (Lipinski definition) is 4. The summed E-state index contributed by atoms with van der Waals surface area (Å²) < 4.78 is 5.53. The zero-order chi connectivity index (χ0) is 17.0. The van der Waals surface area contributed by atoms with Crippen molar-refractivity contribution in [2.75, 3.05) is 11.4 Å². The van der Waals surface area contributed by atoms with Crippen LogP contribution in [0.5, 0.6) is 5.75 Å². The lowest BCUT2D eigenvalue weighted by Crippen LogP contribution is -2.46. The maximum atomic E-state index is 12.3. The number of amides is 2. The van der Waals surface area contributed by atoms with Gasteiger partial charge in [-0.3, -0.25) is 14.4 Å². The molecule has 7 nitrogen and oxygen atoms in total. The van der Waals surface area contributed by atoms with Gasteiger partial charge in [-0.15, -0.1) is 0 Å². The van der Waals surface area contributed by atoms with Crippen LogP contribution < -0.4 is 15.0 Å². The van der Waals surface area contributed by atoms with Crippen molar-refractivity contribution >= 4 is 23.5 Å². The van der Waals surface area contributed by atoms with Crippen LogP contribution in [0.2, 0.25) is 0 Å². The quantitative estimate of drug-likeness (QED) is 0.820. The number of nitrogens with zero attached hydrogens (tertiary/aromatic N) is 1. The van der Waals surface area contributed by atoms with E-state index >= 15 is 0 Å². The third-order valence-electron chi connectivity index (χ3n) is 3.52. The second-order valence-electron chi connectivity index (χ2n) is 5.53. The van der Waals surface area contributed by atoms with Gasteiger partial charge in [-0.05, 0) is 26.0 Å². The van der Waals surface area contributed by atoms with Crippen LogP contribution in [0.25, 0.3) is 0 Å². The molecule has 2 amide bonds. The molecule has 1 aliphatic heterocycles. The number of carbonyl (C=O) groups is 3. The standard InChI is InChI=1S/C16H20N2O5/c1-10(9-15(20)21)17-14(19)7-8-18-12-5-3-4-6-13(12)23-11(2)16(18)22/h3-6,10-11H,7-9H2,1-2H3,(H,17,19)(H,20,21). The molecule has 0 radical (unpaired) electrons. The van der Waals surface area contributed by atoms with E-state index in [1.165, 1.54) is 4.90 Å². The van der Waals surface area contributed by atoms with Crippen molar-refractivity contribution in [1.29, 1.82) is 0 Å². The van der Waals surface area contributed by atoms with Gasteiger partial charge in [-0.1, -0.05) is 12.1 Å².